The summed E-state index contributed by atoms with van der Waals surface area (Å²) in [6, 6.07) is 0. The SMILES string of the molecule is CCCCCOCOC=CCCCCC(OCCCC)OCCCC. The molecule has 0 saturated carbocycles. The van der Waals surface area contributed by atoms with Gasteiger partial charge in [-0.3, -0.25) is 0 Å². The van der Waals surface area contributed by atoms with Crippen LogP contribution in [-0.4, -0.2) is 32.9 Å². The summed E-state index contributed by atoms with van der Waals surface area (Å²) in [5.41, 5.74) is 0. The van der Waals surface area contributed by atoms with Crippen molar-refractivity contribution in [3.05, 3.63) is 12.3 Å². The summed E-state index contributed by atoms with van der Waals surface area (Å²) < 4.78 is 22.4. The molecule has 0 aromatic carbocycles. The molecule has 0 fully saturated rings. The predicted molar refractivity (Wildman–Crippen MR) is 105 cm³/mol. The molecule has 4 heteroatoms. The van der Waals surface area contributed by atoms with Crippen molar-refractivity contribution >= 4 is 0 Å². The first-order valence-corrected chi connectivity index (χ1v) is 10.4. The van der Waals surface area contributed by atoms with Crippen LogP contribution in [0.5, 0.6) is 0 Å². The van der Waals surface area contributed by atoms with E-state index < -0.39 is 0 Å². The summed E-state index contributed by atoms with van der Waals surface area (Å²) in [4.78, 5) is 0. The molecule has 0 spiro atoms. The predicted octanol–water partition coefficient (Wildman–Crippen LogP) is 6.20. The molecule has 0 N–H and O–H groups in total. The van der Waals surface area contributed by atoms with Crippen molar-refractivity contribution in [3.8, 4) is 0 Å². The molecular formula is C21H42O4. The second kappa shape index (κ2) is 21.5. The maximum absolute atomic E-state index is 5.85. The smallest absolute Gasteiger partial charge is 0.188 e. The van der Waals surface area contributed by atoms with Crippen molar-refractivity contribution in [3.63, 3.8) is 0 Å². The quantitative estimate of drug-likeness (QED) is 0.147. The van der Waals surface area contributed by atoms with Gasteiger partial charge in [-0.05, 0) is 51.0 Å². The van der Waals surface area contributed by atoms with Crippen LogP contribution in [0.4, 0.5) is 0 Å². The van der Waals surface area contributed by atoms with Crippen LogP contribution in [0.1, 0.15) is 91.4 Å². The molecule has 0 aromatic heterocycles. The zero-order valence-electron chi connectivity index (χ0n) is 17.0. The third-order valence-corrected chi connectivity index (χ3v) is 3.90. The monoisotopic (exact) mass is 358 g/mol. The summed E-state index contributed by atoms with van der Waals surface area (Å²) >= 11 is 0. The zero-order valence-corrected chi connectivity index (χ0v) is 17.0. The summed E-state index contributed by atoms with van der Waals surface area (Å²) in [7, 11) is 0. The number of allylic oxidation sites excluding steroid dienone is 1. The van der Waals surface area contributed by atoms with Crippen molar-refractivity contribution in [1.29, 1.82) is 0 Å². The standard InChI is InChI=1S/C21H42O4/c1-4-7-13-16-22-20-23-17-14-11-10-12-15-21(24-18-8-5-2)25-19-9-6-3/h14,17,21H,4-13,15-16,18-20H2,1-3H3. The highest BCUT2D eigenvalue weighted by Gasteiger charge is 2.08. The van der Waals surface area contributed by atoms with Crippen molar-refractivity contribution in [2.45, 2.75) is 97.7 Å². The van der Waals surface area contributed by atoms with Crippen LogP contribution < -0.4 is 0 Å². The molecule has 0 amide bonds. The van der Waals surface area contributed by atoms with E-state index in [1.54, 1.807) is 6.26 Å². The van der Waals surface area contributed by atoms with Gasteiger partial charge < -0.3 is 18.9 Å². The molecular weight excluding hydrogens is 316 g/mol. The van der Waals surface area contributed by atoms with Crippen molar-refractivity contribution in [1.82, 2.24) is 0 Å². The Kier molecular flexibility index (Phi) is 21.0. The Morgan fingerprint density at radius 2 is 1.40 bits per heavy atom. The minimum atomic E-state index is -0.0325. The lowest BCUT2D eigenvalue weighted by Gasteiger charge is -2.18. The van der Waals surface area contributed by atoms with E-state index in [0.717, 1.165) is 77.6 Å². The van der Waals surface area contributed by atoms with Crippen LogP contribution in [0.3, 0.4) is 0 Å². The van der Waals surface area contributed by atoms with Gasteiger partial charge in [0, 0.05) is 13.2 Å². The number of rotatable bonds is 20. The summed E-state index contributed by atoms with van der Waals surface area (Å²) in [6.07, 6.45) is 16.1. The van der Waals surface area contributed by atoms with E-state index >= 15 is 0 Å². The number of unbranched alkanes of at least 4 members (excludes halogenated alkanes) is 6. The lowest BCUT2D eigenvalue weighted by molar-refractivity contribution is -0.147. The first-order chi connectivity index (χ1) is 12.3. The van der Waals surface area contributed by atoms with Crippen molar-refractivity contribution < 1.29 is 18.9 Å². The van der Waals surface area contributed by atoms with E-state index in [-0.39, 0.29) is 6.29 Å². The van der Waals surface area contributed by atoms with E-state index in [1.165, 1.54) is 12.8 Å². The second-order valence-electron chi connectivity index (χ2n) is 6.43. The van der Waals surface area contributed by atoms with E-state index in [1.807, 2.05) is 0 Å². The van der Waals surface area contributed by atoms with Gasteiger partial charge in [0.2, 0.25) is 0 Å². The Labute approximate surface area is 156 Å². The minimum absolute atomic E-state index is 0.0325. The molecule has 0 bridgehead atoms. The molecule has 0 aliphatic heterocycles. The maximum atomic E-state index is 5.85. The zero-order chi connectivity index (χ0) is 18.4. The summed E-state index contributed by atoms with van der Waals surface area (Å²) in [5.74, 6) is 0. The Hall–Kier alpha value is -0.580. The Morgan fingerprint density at radius 1 is 0.720 bits per heavy atom. The highest BCUT2D eigenvalue weighted by Crippen LogP contribution is 2.10. The molecule has 150 valence electrons. The van der Waals surface area contributed by atoms with Gasteiger partial charge in [-0.15, -0.1) is 0 Å². The second-order valence-corrected chi connectivity index (χ2v) is 6.43. The van der Waals surface area contributed by atoms with Gasteiger partial charge in [0.15, 0.2) is 13.1 Å². The average Bonchev–Trinajstić information content (AvgIpc) is 2.62. The molecule has 0 rings (SSSR count). The van der Waals surface area contributed by atoms with Crippen LogP contribution in [0.15, 0.2) is 12.3 Å². The van der Waals surface area contributed by atoms with Crippen LogP contribution in [0.25, 0.3) is 0 Å². The van der Waals surface area contributed by atoms with Gasteiger partial charge in [-0.25, -0.2) is 0 Å². The van der Waals surface area contributed by atoms with Crippen LogP contribution in [0, 0.1) is 0 Å². The first-order valence-electron chi connectivity index (χ1n) is 10.4. The molecule has 25 heavy (non-hydrogen) atoms. The largest absolute Gasteiger partial charge is 0.475 e. The van der Waals surface area contributed by atoms with E-state index in [9.17, 15) is 0 Å². The summed E-state index contributed by atoms with van der Waals surface area (Å²) in [5, 5.41) is 0. The van der Waals surface area contributed by atoms with Crippen molar-refractivity contribution in [2.75, 3.05) is 26.6 Å². The molecule has 0 aromatic rings. The fourth-order valence-electron chi connectivity index (χ4n) is 2.24. The highest BCUT2D eigenvalue weighted by molar-refractivity contribution is 4.72. The van der Waals surface area contributed by atoms with Gasteiger partial charge in [0.25, 0.3) is 0 Å². The molecule has 0 radical (unpaired) electrons. The van der Waals surface area contributed by atoms with Crippen LogP contribution in [-0.2, 0) is 18.9 Å². The Morgan fingerprint density at radius 3 is 2.04 bits per heavy atom. The van der Waals surface area contributed by atoms with E-state index in [0.29, 0.717) is 6.79 Å². The topological polar surface area (TPSA) is 36.9 Å². The third-order valence-electron chi connectivity index (χ3n) is 3.90. The van der Waals surface area contributed by atoms with Gasteiger partial charge >= 0.3 is 0 Å². The molecule has 0 heterocycles. The third kappa shape index (κ3) is 19.6. The summed E-state index contributed by atoms with van der Waals surface area (Å²) in [6.45, 7) is 9.31. The fraction of sp³-hybridized carbons (Fsp3) is 0.905. The van der Waals surface area contributed by atoms with Gasteiger partial charge in [0.05, 0.1) is 12.9 Å². The minimum Gasteiger partial charge on any atom is -0.475 e. The Bertz CT molecular complexity index is 259. The van der Waals surface area contributed by atoms with E-state index in [2.05, 4.69) is 26.8 Å². The lowest BCUT2D eigenvalue weighted by atomic mass is 10.2. The molecule has 0 saturated heterocycles. The number of hydrogen-bond donors (Lipinski definition) is 0. The first kappa shape index (κ1) is 24.4. The van der Waals surface area contributed by atoms with Gasteiger partial charge in [-0.1, -0.05) is 46.5 Å². The van der Waals surface area contributed by atoms with E-state index in [4.69, 9.17) is 18.9 Å². The van der Waals surface area contributed by atoms with Gasteiger partial charge in [0.1, 0.15) is 0 Å². The lowest BCUT2D eigenvalue weighted by Crippen LogP contribution is -2.18. The highest BCUT2D eigenvalue weighted by atomic mass is 16.7. The normalized spacial score (nSPS) is 11.7. The molecule has 4 nitrogen and oxygen atoms in total. The van der Waals surface area contributed by atoms with Crippen LogP contribution in [0.2, 0.25) is 0 Å². The molecule has 0 aliphatic carbocycles. The van der Waals surface area contributed by atoms with Crippen molar-refractivity contribution in [2.24, 2.45) is 0 Å². The number of hydrogen-bond acceptors (Lipinski definition) is 4. The average molecular weight is 359 g/mol. The Balaban J connectivity index is 3.56. The van der Waals surface area contributed by atoms with Gasteiger partial charge in [-0.2, -0.15) is 0 Å². The molecule has 0 atom stereocenters. The molecule has 0 unspecified atom stereocenters. The fourth-order valence-corrected chi connectivity index (χ4v) is 2.24. The van der Waals surface area contributed by atoms with Crippen LogP contribution >= 0.6 is 0 Å². The maximum Gasteiger partial charge on any atom is 0.188 e. The number of ether oxygens (including phenoxy) is 4. The molecule has 0 aliphatic rings.